The van der Waals surface area contributed by atoms with Gasteiger partial charge in [0.05, 0.1) is 17.5 Å². The topological polar surface area (TPSA) is 62.1 Å². The fourth-order valence-electron chi connectivity index (χ4n) is 2.50. The van der Waals surface area contributed by atoms with E-state index in [9.17, 15) is 5.11 Å². The molecule has 0 bridgehead atoms. The zero-order valence-electron chi connectivity index (χ0n) is 12.2. The second-order valence-corrected chi connectivity index (χ2v) is 5.19. The van der Waals surface area contributed by atoms with E-state index in [0.717, 1.165) is 11.3 Å². The van der Waals surface area contributed by atoms with E-state index in [1.807, 2.05) is 54.6 Å². The van der Waals surface area contributed by atoms with Crippen LogP contribution in [0, 0.1) is 0 Å². The fourth-order valence-corrected chi connectivity index (χ4v) is 2.50. The Hall–Kier alpha value is -3.27. The summed E-state index contributed by atoms with van der Waals surface area (Å²) in [4.78, 5) is 7.64. The Labute approximate surface area is 133 Å². The van der Waals surface area contributed by atoms with Crippen LogP contribution in [0.3, 0.4) is 0 Å². The van der Waals surface area contributed by atoms with Crippen LogP contribution in [0.1, 0.15) is 0 Å². The van der Waals surface area contributed by atoms with Gasteiger partial charge in [0.2, 0.25) is 0 Å². The molecule has 2 aromatic carbocycles. The number of benzene rings is 2. The van der Waals surface area contributed by atoms with Crippen molar-refractivity contribution in [2.75, 3.05) is 0 Å². The molecule has 2 heterocycles. The molecule has 0 saturated carbocycles. The van der Waals surface area contributed by atoms with Gasteiger partial charge in [-0.05, 0) is 29.8 Å². The minimum absolute atomic E-state index is 0.192. The van der Waals surface area contributed by atoms with Crippen molar-refractivity contribution in [2.24, 2.45) is 0 Å². The molecule has 0 amide bonds. The van der Waals surface area contributed by atoms with E-state index in [1.165, 1.54) is 0 Å². The molecule has 0 radical (unpaired) electrons. The number of nitrogens with zero attached hydrogens (tertiary/aromatic N) is 1. The van der Waals surface area contributed by atoms with E-state index >= 15 is 0 Å². The average molecular weight is 302 g/mol. The van der Waals surface area contributed by atoms with Crippen molar-refractivity contribution in [1.82, 2.24) is 9.97 Å². The van der Waals surface area contributed by atoms with Crippen LogP contribution < -0.4 is 0 Å². The van der Waals surface area contributed by atoms with Crippen molar-refractivity contribution < 1.29 is 9.52 Å². The summed E-state index contributed by atoms with van der Waals surface area (Å²) in [5.74, 6) is 2.09. The highest BCUT2D eigenvalue weighted by molar-refractivity contribution is 5.68. The van der Waals surface area contributed by atoms with Crippen molar-refractivity contribution in [3.05, 3.63) is 72.9 Å². The number of aromatic nitrogens is 2. The third-order valence-corrected chi connectivity index (χ3v) is 3.67. The maximum Gasteiger partial charge on any atom is 0.174 e. The molecule has 0 fully saturated rings. The van der Waals surface area contributed by atoms with Gasteiger partial charge in [-0.25, -0.2) is 4.98 Å². The lowest BCUT2D eigenvalue weighted by Crippen LogP contribution is -1.78. The van der Waals surface area contributed by atoms with Gasteiger partial charge in [-0.2, -0.15) is 0 Å². The lowest BCUT2D eigenvalue weighted by Gasteiger charge is -1.99. The van der Waals surface area contributed by atoms with E-state index in [-0.39, 0.29) is 5.75 Å². The standard InChI is InChI=1S/C19H14N2O2/c22-16-9-5-4-8-14(16)17-10-11-18(23-17)19-20-12-15(21-19)13-6-2-1-3-7-13/h1-12,22H,(H,20,21). The number of phenols is 1. The number of nitrogens with one attached hydrogen (secondary N) is 1. The first-order valence-electron chi connectivity index (χ1n) is 7.30. The monoisotopic (exact) mass is 302 g/mol. The van der Waals surface area contributed by atoms with Gasteiger partial charge in [-0.1, -0.05) is 42.5 Å². The van der Waals surface area contributed by atoms with Crippen LogP contribution in [-0.2, 0) is 0 Å². The summed E-state index contributed by atoms with van der Waals surface area (Å²) in [6, 6.07) is 20.8. The SMILES string of the molecule is Oc1ccccc1-c1ccc(-c2ncc(-c3ccccc3)[nH]2)o1. The first kappa shape index (κ1) is 13.4. The second-order valence-electron chi connectivity index (χ2n) is 5.19. The molecule has 0 aliphatic heterocycles. The van der Waals surface area contributed by atoms with Crippen LogP contribution in [-0.4, -0.2) is 15.1 Å². The van der Waals surface area contributed by atoms with Crippen LogP contribution in [0.15, 0.2) is 77.3 Å². The summed E-state index contributed by atoms with van der Waals surface area (Å²) in [7, 11) is 0. The molecular formula is C19H14N2O2. The van der Waals surface area contributed by atoms with Crippen molar-refractivity contribution in [1.29, 1.82) is 0 Å². The Bertz CT molecular complexity index is 939. The maximum atomic E-state index is 9.91. The summed E-state index contributed by atoms with van der Waals surface area (Å²) < 4.78 is 5.83. The lowest BCUT2D eigenvalue weighted by atomic mass is 10.1. The molecule has 0 atom stereocenters. The van der Waals surface area contributed by atoms with Gasteiger partial charge in [0, 0.05) is 0 Å². The van der Waals surface area contributed by atoms with Crippen molar-refractivity contribution in [2.45, 2.75) is 0 Å². The van der Waals surface area contributed by atoms with E-state index < -0.39 is 0 Å². The number of para-hydroxylation sites is 1. The summed E-state index contributed by atoms with van der Waals surface area (Å²) in [5.41, 5.74) is 2.66. The minimum Gasteiger partial charge on any atom is -0.507 e. The number of rotatable bonds is 3. The van der Waals surface area contributed by atoms with Crippen molar-refractivity contribution in [3.63, 3.8) is 0 Å². The summed E-state index contributed by atoms with van der Waals surface area (Å²) in [6.45, 7) is 0. The number of phenolic OH excluding ortho intramolecular Hbond substituents is 1. The van der Waals surface area contributed by atoms with Gasteiger partial charge >= 0.3 is 0 Å². The number of aromatic amines is 1. The average Bonchev–Trinajstić information content (AvgIpc) is 3.25. The maximum absolute atomic E-state index is 9.91. The molecule has 112 valence electrons. The molecule has 23 heavy (non-hydrogen) atoms. The van der Waals surface area contributed by atoms with E-state index in [2.05, 4.69) is 9.97 Å². The molecule has 0 aliphatic rings. The predicted molar refractivity (Wildman–Crippen MR) is 88.8 cm³/mol. The first-order valence-corrected chi connectivity index (χ1v) is 7.30. The van der Waals surface area contributed by atoms with Crippen molar-refractivity contribution >= 4 is 0 Å². The lowest BCUT2D eigenvalue weighted by molar-refractivity contribution is 0.474. The zero-order valence-corrected chi connectivity index (χ0v) is 12.2. The Morgan fingerprint density at radius 2 is 1.57 bits per heavy atom. The molecule has 4 heteroatoms. The minimum atomic E-state index is 0.192. The molecule has 4 rings (SSSR count). The summed E-state index contributed by atoms with van der Waals surface area (Å²) >= 11 is 0. The van der Waals surface area contributed by atoms with Crippen LogP contribution in [0.25, 0.3) is 34.2 Å². The van der Waals surface area contributed by atoms with Crippen LogP contribution >= 0.6 is 0 Å². The van der Waals surface area contributed by atoms with Gasteiger partial charge in [0.15, 0.2) is 11.6 Å². The van der Waals surface area contributed by atoms with E-state index in [4.69, 9.17) is 4.42 Å². The van der Waals surface area contributed by atoms with Gasteiger partial charge in [-0.15, -0.1) is 0 Å². The molecule has 0 unspecified atom stereocenters. The number of hydrogen-bond acceptors (Lipinski definition) is 3. The smallest absolute Gasteiger partial charge is 0.174 e. The number of aromatic hydroxyl groups is 1. The third kappa shape index (κ3) is 2.51. The Morgan fingerprint density at radius 1 is 0.826 bits per heavy atom. The molecule has 2 N–H and O–H groups in total. The Balaban J connectivity index is 1.68. The van der Waals surface area contributed by atoms with E-state index in [1.54, 1.807) is 18.3 Å². The Kier molecular flexibility index (Phi) is 3.20. The predicted octanol–water partition coefficient (Wildman–Crippen LogP) is 4.71. The van der Waals surface area contributed by atoms with Crippen LogP contribution in [0.4, 0.5) is 0 Å². The van der Waals surface area contributed by atoms with E-state index in [0.29, 0.717) is 22.9 Å². The molecule has 0 spiro atoms. The van der Waals surface area contributed by atoms with Crippen molar-refractivity contribution in [3.8, 4) is 39.9 Å². The van der Waals surface area contributed by atoms with Crippen LogP contribution in [0.5, 0.6) is 5.75 Å². The number of hydrogen-bond donors (Lipinski definition) is 2. The van der Waals surface area contributed by atoms with Gasteiger partial charge in [0.1, 0.15) is 11.5 Å². The molecule has 0 saturated heterocycles. The quantitative estimate of drug-likeness (QED) is 0.576. The second kappa shape index (κ2) is 5.50. The van der Waals surface area contributed by atoms with Gasteiger partial charge in [-0.3, -0.25) is 0 Å². The highest BCUT2D eigenvalue weighted by Gasteiger charge is 2.12. The highest BCUT2D eigenvalue weighted by Crippen LogP contribution is 2.33. The third-order valence-electron chi connectivity index (χ3n) is 3.67. The normalized spacial score (nSPS) is 10.8. The molecule has 4 aromatic rings. The molecule has 4 nitrogen and oxygen atoms in total. The number of imidazole rings is 1. The van der Waals surface area contributed by atoms with Gasteiger partial charge in [0.25, 0.3) is 0 Å². The number of H-pyrrole nitrogens is 1. The first-order chi connectivity index (χ1) is 11.3. The number of furan rings is 1. The van der Waals surface area contributed by atoms with Crippen LogP contribution in [0.2, 0.25) is 0 Å². The largest absolute Gasteiger partial charge is 0.507 e. The zero-order chi connectivity index (χ0) is 15.6. The van der Waals surface area contributed by atoms with Gasteiger partial charge < -0.3 is 14.5 Å². The summed E-state index contributed by atoms with van der Waals surface area (Å²) in [6.07, 6.45) is 1.78. The highest BCUT2D eigenvalue weighted by atomic mass is 16.3. The molecular weight excluding hydrogens is 288 g/mol. The fraction of sp³-hybridized carbons (Fsp3) is 0. The summed E-state index contributed by atoms with van der Waals surface area (Å²) in [5, 5.41) is 9.91. The molecule has 2 aromatic heterocycles. The molecule has 0 aliphatic carbocycles. The Morgan fingerprint density at radius 3 is 2.39 bits per heavy atom.